The Morgan fingerprint density at radius 3 is 2.31 bits per heavy atom. The second-order valence-electron chi connectivity index (χ2n) is 8.94. The number of esters is 1. The molecule has 5 rings (SSSR count). The third-order valence-corrected chi connectivity index (χ3v) is 8.26. The van der Waals surface area contributed by atoms with Crippen LogP contribution < -0.4 is 25.3 Å². The number of methoxy groups -OCH3 is 3. The number of carbonyl (C=O) groups is 2. The summed E-state index contributed by atoms with van der Waals surface area (Å²) in [5.41, 5.74) is 10.6. The van der Waals surface area contributed by atoms with Crippen LogP contribution in [0, 0.1) is 0 Å². The molecule has 0 bridgehead atoms. The SMILES string of the molecule is CCOC(=O)Cc1csc(NC(=O)c2sc3nc(-c4ccccc4)cc(-c4cc(OC)c(OC)c(OC)c4)c3c2N)n1. The number of thiophene rings is 1. The van der Waals surface area contributed by atoms with Crippen LogP contribution in [0.2, 0.25) is 0 Å². The van der Waals surface area contributed by atoms with Crippen molar-refractivity contribution in [1.82, 2.24) is 9.97 Å². The van der Waals surface area contributed by atoms with Crippen molar-refractivity contribution in [3.05, 3.63) is 64.5 Å². The third-order valence-electron chi connectivity index (χ3n) is 6.35. The summed E-state index contributed by atoms with van der Waals surface area (Å²) in [6.45, 7) is 2.03. The Hall–Kier alpha value is -4.68. The van der Waals surface area contributed by atoms with E-state index in [1.807, 2.05) is 48.5 Å². The van der Waals surface area contributed by atoms with Gasteiger partial charge in [0, 0.05) is 16.3 Å². The van der Waals surface area contributed by atoms with Crippen molar-refractivity contribution in [2.24, 2.45) is 0 Å². The summed E-state index contributed by atoms with van der Waals surface area (Å²) >= 11 is 2.40. The lowest BCUT2D eigenvalue weighted by Gasteiger charge is -2.15. The van der Waals surface area contributed by atoms with Crippen LogP contribution in [0.1, 0.15) is 22.3 Å². The predicted octanol–water partition coefficient (Wildman–Crippen LogP) is 6.05. The van der Waals surface area contributed by atoms with Gasteiger partial charge in [-0.25, -0.2) is 9.97 Å². The Labute approximate surface area is 250 Å². The minimum absolute atomic E-state index is 0.0234. The molecule has 0 radical (unpaired) electrons. The van der Waals surface area contributed by atoms with E-state index in [1.54, 1.807) is 33.6 Å². The number of nitrogens with two attached hydrogens (primary N) is 1. The van der Waals surface area contributed by atoms with Gasteiger partial charge in [0.2, 0.25) is 5.75 Å². The zero-order valence-corrected chi connectivity index (χ0v) is 25.0. The Bertz CT molecular complexity index is 1740. The van der Waals surface area contributed by atoms with E-state index in [4.69, 9.17) is 29.7 Å². The van der Waals surface area contributed by atoms with E-state index in [0.717, 1.165) is 16.7 Å². The van der Waals surface area contributed by atoms with Gasteiger partial charge in [-0.05, 0) is 36.2 Å². The van der Waals surface area contributed by atoms with Crippen molar-refractivity contribution in [1.29, 1.82) is 0 Å². The van der Waals surface area contributed by atoms with Crippen LogP contribution >= 0.6 is 22.7 Å². The van der Waals surface area contributed by atoms with E-state index in [9.17, 15) is 9.59 Å². The first-order valence-electron chi connectivity index (χ1n) is 12.9. The number of aromatic nitrogens is 2. The number of thiazole rings is 1. The number of nitrogens with zero attached hydrogens (tertiary/aromatic N) is 2. The van der Waals surface area contributed by atoms with Crippen molar-refractivity contribution < 1.29 is 28.5 Å². The number of rotatable bonds is 10. The zero-order chi connectivity index (χ0) is 29.8. The van der Waals surface area contributed by atoms with Gasteiger partial charge in [-0.2, -0.15) is 0 Å². The first-order valence-corrected chi connectivity index (χ1v) is 14.6. The number of benzene rings is 2. The molecule has 3 aromatic heterocycles. The Morgan fingerprint density at radius 1 is 0.952 bits per heavy atom. The highest BCUT2D eigenvalue weighted by atomic mass is 32.1. The van der Waals surface area contributed by atoms with Crippen molar-refractivity contribution in [3.63, 3.8) is 0 Å². The standard InChI is InChI=1S/C30H28N4O6S2/c1-5-40-23(35)13-18-15-41-30(32-18)34-28(36)27-25(31)24-19(17-11-21(37-2)26(39-4)22(12-17)38-3)14-20(33-29(24)42-27)16-9-7-6-8-10-16/h6-12,14-15H,5,13,31H2,1-4H3,(H,32,34,36). The maximum Gasteiger partial charge on any atom is 0.311 e. The number of nitrogen functional groups attached to an aromatic ring is 1. The summed E-state index contributed by atoms with van der Waals surface area (Å²) in [5.74, 6) is 0.611. The average molecular weight is 605 g/mol. The molecule has 0 aliphatic rings. The fraction of sp³-hybridized carbons (Fsp3) is 0.200. The van der Waals surface area contributed by atoms with Crippen LogP contribution in [0.3, 0.4) is 0 Å². The molecule has 0 aliphatic heterocycles. The summed E-state index contributed by atoms with van der Waals surface area (Å²) in [4.78, 5) is 35.4. The highest BCUT2D eigenvalue weighted by molar-refractivity contribution is 7.21. The number of pyridine rings is 1. The lowest BCUT2D eigenvalue weighted by molar-refractivity contribution is -0.142. The summed E-state index contributed by atoms with van der Waals surface area (Å²) in [6.07, 6.45) is 0.0234. The molecule has 0 saturated heterocycles. The topological polar surface area (TPSA) is 135 Å². The molecule has 10 nitrogen and oxygen atoms in total. The molecule has 3 N–H and O–H groups in total. The smallest absolute Gasteiger partial charge is 0.311 e. The maximum absolute atomic E-state index is 13.4. The molecule has 3 heterocycles. The van der Waals surface area contributed by atoms with Crippen LogP contribution in [0.5, 0.6) is 17.2 Å². The number of anilines is 2. The highest BCUT2D eigenvalue weighted by Gasteiger charge is 2.24. The van der Waals surface area contributed by atoms with Crippen LogP contribution in [-0.4, -0.2) is 49.8 Å². The van der Waals surface area contributed by atoms with E-state index < -0.39 is 5.91 Å². The van der Waals surface area contributed by atoms with Gasteiger partial charge in [0.1, 0.15) is 9.71 Å². The zero-order valence-electron chi connectivity index (χ0n) is 23.3. The molecule has 42 heavy (non-hydrogen) atoms. The maximum atomic E-state index is 13.4. The quantitative estimate of drug-likeness (QED) is 0.183. The van der Waals surface area contributed by atoms with E-state index in [0.29, 0.717) is 48.9 Å². The van der Waals surface area contributed by atoms with Crippen molar-refractivity contribution in [3.8, 4) is 39.6 Å². The second-order valence-corrected chi connectivity index (χ2v) is 10.8. The minimum Gasteiger partial charge on any atom is -0.493 e. The number of fused-ring (bicyclic) bond motifs is 1. The molecule has 0 aliphatic carbocycles. The number of amides is 1. The normalized spacial score (nSPS) is 10.9. The molecule has 0 unspecified atom stereocenters. The lowest BCUT2D eigenvalue weighted by atomic mass is 9.98. The largest absolute Gasteiger partial charge is 0.493 e. The Morgan fingerprint density at radius 2 is 1.67 bits per heavy atom. The number of ether oxygens (including phenoxy) is 4. The van der Waals surface area contributed by atoms with Crippen molar-refractivity contribution in [2.45, 2.75) is 13.3 Å². The van der Waals surface area contributed by atoms with E-state index in [1.165, 1.54) is 22.7 Å². The van der Waals surface area contributed by atoms with E-state index in [-0.39, 0.29) is 24.7 Å². The monoisotopic (exact) mass is 604 g/mol. The van der Waals surface area contributed by atoms with Crippen LogP contribution in [0.25, 0.3) is 32.6 Å². The molecule has 5 aromatic rings. The van der Waals surface area contributed by atoms with Gasteiger partial charge in [0.15, 0.2) is 16.6 Å². The van der Waals surface area contributed by atoms with Gasteiger partial charge >= 0.3 is 5.97 Å². The molecule has 2 aromatic carbocycles. The Balaban J connectivity index is 1.60. The van der Waals surface area contributed by atoms with Gasteiger partial charge in [-0.3, -0.25) is 14.9 Å². The van der Waals surface area contributed by atoms with Gasteiger partial charge < -0.3 is 24.7 Å². The van der Waals surface area contributed by atoms with Crippen LogP contribution in [0.15, 0.2) is 53.9 Å². The molecule has 12 heteroatoms. The summed E-state index contributed by atoms with van der Waals surface area (Å²) in [5, 5.41) is 5.48. The fourth-order valence-electron chi connectivity index (χ4n) is 4.47. The third kappa shape index (κ3) is 5.71. The van der Waals surface area contributed by atoms with Gasteiger partial charge in [-0.15, -0.1) is 22.7 Å². The minimum atomic E-state index is -0.426. The van der Waals surface area contributed by atoms with Gasteiger partial charge in [0.25, 0.3) is 5.91 Å². The highest BCUT2D eigenvalue weighted by Crippen LogP contribution is 2.46. The predicted molar refractivity (Wildman–Crippen MR) is 165 cm³/mol. The number of hydrogen-bond acceptors (Lipinski definition) is 11. The summed E-state index contributed by atoms with van der Waals surface area (Å²) < 4.78 is 21.7. The molecule has 216 valence electrons. The first-order chi connectivity index (χ1) is 20.4. The molecular weight excluding hydrogens is 576 g/mol. The molecule has 0 fully saturated rings. The molecule has 0 spiro atoms. The number of hydrogen-bond donors (Lipinski definition) is 2. The van der Waals surface area contributed by atoms with Crippen molar-refractivity contribution in [2.75, 3.05) is 39.0 Å². The fourth-order valence-corrected chi connectivity index (χ4v) is 6.19. The first kappa shape index (κ1) is 28.8. The van der Waals surface area contributed by atoms with E-state index in [2.05, 4.69) is 10.3 Å². The molecular formula is C30H28N4O6S2. The second kappa shape index (κ2) is 12.5. The summed E-state index contributed by atoms with van der Waals surface area (Å²) in [7, 11) is 4.65. The molecule has 0 atom stereocenters. The lowest BCUT2D eigenvalue weighted by Crippen LogP contribution is -2.12. The number of carbonyl (C=O) groups excluding carboxylic acids is 2. The molecule has 0 saturated carbocycles. The van der Waals surface area contributed by atoms with Crippen molar-refractivity contribution >= 4 is 55.6 Å². The van der Waals surface area contributed by atoms with Crippen LogP contribution in [-0.2, 0) is 16.0 Å². The molecule has 1 amide bonds. The average Bonchev–Trinajstić information content (AvgIpc) is 3.59. The van der Waals surface area contributed by atoms with Gasteiger partial charge in [-0.1, -0.05) is 30.3 Å². The van der Waals surface area contributed by atoms with Crippen LogP contribution in [0.4, 0.5) is 10.8 Å². The van der Waals surface area contributed by atoms with E-state index >= 15 is 0 Å². The Kier molecular flexibility index (Phi) is 8.55. The number of nitrogens with one attached hydrogen (secondary N) is 1. The summed E-state index contributed by atoms with van der Waals surface area (Å²) in [6, 6.07) is 15.3. The van der Waals surface area contributed by atoms with Gasteiger partial charge in [0.05, 0.1) is 51.4 Å².